The summed E-state index contributed by atoms with van der Waals surface area (Å²) in [5, 5.41) is 9.73. The molecule has 0 aliphatic carbocycles. The molecule has 0 atom stereocenters. The highest BCUT2D eigenvalue weighted by Crippen LogP contribution is 2.54. The van der Waals surface area contributed by atoms with Crippen LogP contribution in [0.25, 0.3) is 0 Å². The zero-order valence-electron chi connectivity index (χ0n) is 13.3. The standard InChI is InChI=1S/C16H26N2O3/c1-4-6-15-8-17-10-16(7-5-2,12(15)19)11-18(9-15)14(17,3)13(20)21/h4-11H2,1-3H3,(H,20,21). The Bertz CT molecular complexity index is 444. The minimum Gasteiger partial charge on any atom is -0.479 e. The summed E-state index contributed by atoms with van der Waals surface area (Å²) in [6.45, 7) is 8.49. The average molecular weight is 294 g/mol. The van der Waals surface area contributed by atoms with Crippen LogP contribution in [0, 0.1) is 10.8 Å². The molecule has 0 spiro atoms. The van der Waals surface area contributed by atoms with Crippen LogP contribution in [0.5, 0.6) is 0 Å². The highest BCUT2D eigenvalue weighted by atomic mass is 16.4. The van der Waals surface area contributed by atoms with Gasteiger partial charge in [0.1, 0.15) is 5.78 Å². The number of ketones is 1. The molecule has 4 saturated heterocycles. The van der Waals surface area contributed by atoms with E-state index in [2.05, 4.69) is 23.6 Å². The second-order valence-electron chi connectivity index (χ2n) is 7.43. The van der Waals surface area contributed by atoms with Crippen LogP contribution in [0.2, 0.25) is 0 Å². The third-order valence-corrected chi connectivity index (χ3v) is 6.03. The minimum absolute atomic E-state index is 0.338. The molecule has 4 aliphatic rings. The van der Waals surface area contributed by atoms with Crippen LogP contribution < -0.4 is 0 Å². The second-order valence-corrected chi connectivity index (χ2v) is 7.43. The first-order valence-electron chi connectivity index (χ1n) is 8.13. The predicted octanol–water partition coefficient (Wildman–Crippen LogP) is 1.57. The van der Waals surface area contributed by atoms with Crippen molar-refractivity contribution in [1.29, 1.82) is 0 Å². The van der Waals surface area contributed by atoms with E-state index in [1.165, 1.54) is 0 Å². The number of Topliss-reactive ketones (excluding diaryl/α,β-unsaturated/α-hetero) is 1. The van der Waals surface area contributed by atoms with E-state index in [9.17, 15) is 14.7 Å². The quantitative estimate of drug-likeness (QED) is 0.834. The fourth-order valence-corrected chi connectivity index (χ4v) is 5.11. The van der Waals surface area contributed by atoms with Crippen LogP contribution in [0.1, 0.15) is 46.5 Å². The van der Waals surface area contributed by atoms with Crippen molar-refractivity contribution in [2.24, 2.45) is 10.8 Å². The lowest BCUT2D eigenvalue weighted by atomic mass is 9.56. The van der Waals surface area contributed by atoms with Gasteiger partial charge in [-0.25, -0.2) is 4.79 Å². The van der Waals surface area contributed by atoms with Crippen molar-refractivity contribution < 1.29 is 14.7 Å². The summed E-state index contributed by atoms with van der Waals surface area (Å²) >= 11 is 0. The Morgan fingerprint density at radius 1 is 1.05 bits per heavy atom. The van der Waals surface area contributed by atoms with Crippen molar-refractivity contribution in [1.82, 2.24) is 9.80 Å². The number of carboxylic acid groups (broad SMARTS) is 1. The van der Waals surface area contributed by atoms with E-state index in [-0.39, 0.29) is 10.8 Å². The summed E-state index contributed by atoms with van der Waals surface area (Å²) in [7, 11) is 0. The lowest BCUT2D eigenvalue weighted by molar-refractivity contribution is -0.237. The SMILES string of the molecule is CCCC12CN3CC(CCC)(CN(C1)C3(C)C(=O)O)C2=O. The zero-order valence-corrected chi connectivity index (χ0v) is 13.3. The van der Waals surface area contributed by atoms with Gasteiger partial charge in [0.15, 0.2) is 5.66 Å². The summed E-state index contributed by atoms with van der Waals surface area (Å²) < 4.78 is 0. The second kappa shape index (κ2) is 4.53. The van der Waals surface area contributed by atoms with Gasteiger partial charge in [0.25, 0.3) is 0 Å². The van der Waals surface area contributed by atoms with Crippen molar-refractivity contribution in [3.8, 4) is 0 Å². The van der Waals surface area contributed by atoms with Crippen molar-refractivity contribution in [3.05, 3.63) is 0 Å². The van der Waals surface area contributed by atoms with Crippen LogP contribution >= 0.6 is 0 Å². The van der Waals surface area contributed by atoms with Gasteiger partial charge in [-0.3, -0.25) is 14.6 Å². The number of piperidine rings is 2. The van der Waals surface area contributed by atoms with E-state index in [1.54, 1.807) is 6.92 Å². The Labute approximate surface area is 126 Å². The van der Waals surface area contributed by atoms with Crippen LogP contribution in [0.4, 0.5) is 0 Å². The largest absolute Gasteiger partial charge is 0.479 e. The highest BCUT2D eigenvalue weighted by molar-refractivity contribution is 5.94. The fraction of sp³-hybridized carbons (Fsp3) is 0.875. The fourth-order valence-electron chi connectivity index (χ4n) is 5.11. The molecule has 4 aliphatic heterocycles. The molecular weight excluding hydrogens is 268 g/mol. The van der Waals surface area contributed by atoms with E-state index in [4.69, 9.17) is 0 Å². The molecule has 0 aromatic heterocycles. The van der Waals surface area contributed by atoms with Crippen LogP contribution in [-0.4, -0.2) is 58.5 Å². The maximum atomic E-state index is 13.2. The molecular formula is C16H26N2O3. The lowest BCUT2D eigenvalue weighted by Crippen LogP contribution is -2.84. The number of nitrogens with zero attached hydrogens (tertiary/aromatic N) is 2. The van der Waals surface area contributed by atoms with Gasteiger partial charge in [0.05, 0.1) is 10.8 Å². The topological polar surface area (TPSA) is 60.9 Å². The molecule has 5 heteroatoms. The number of rotatable bonds is 5. The molecule has 0 unspecified atom stereocenters. The molecule has 0 aromatic carbocycles. The third-order valence-electron chi connectivity index (χ3n) is 6.03. The molecule has 4 heterocycles. The summed E-state index contributed by atoms with van der Waals surface area (Å²) in [6.07, 6.45) is 3.69. The normalized spacial score (nSPS) is 47.9. The number of hydrogen-bond acceptors (Lipinski definition) is 4. The highest BCUT2D eigenvalue weighted by Gasteiger charge is 2.69. The van der Waals surface area contributed by atoms with E-state index in [1.807, 2.05) is 0 Å². The Kier molecular flexibility index (Phi) is 3.23. The van der Waals surface area contributed by atoms with Gasteiger partial charge >= 0.3 is 5.97 Å². The van der Waals surface area contributed by atoms with Gasteiger partial charge in [-0.2, -0.15) is 0 Å². The summed E-state index contributed by atoms with van der Waals surface area (Å²) in [5.41, 5.74) is -1.61. The van der Waals surface area contributed by atoms with Gasteiger partial charge in [0.2, 0.25) is 0 Å². The number of carboxylic acids is 1. The number of carbonyl (C=O) groups is 2. The summed E-state index contributed by atoms with van der Waals surface area (Å²) in [6, 6.07) is 0. The molecule has 0 amide bonds. The molecule has 0 aromatic rings. The van der Waals surface area contributed by atoms with Crippen molar-refractivity contribution in [2.75, 3.05) is 26.2 Å². The first-order valence-corrected chi connectivity index (χ1v) is 8.13. The maximum Gasteiger partial charge on any atom is 0.339 e. The van der Waals surface area contributed by atoms with E-state index in [0.717, 1.165) is 25.7 Å². The van der Waals surface area contributed by atoms with Gasteiger partial charge in [-0.15, -0.1) is 0 Å². The van der Waals surface area contributed by atoms with Crippen molar-refractivity contribution in [3.63, 3.8) is 0 Å². The molecule has 0 radical (unpaired) electrons. The van der Waals surface area contributed by atoms with E-state index >= 15 is 0 Å². The molecule has 5 nitrogen and oxygen atoms in total. The molecule has 1 N–H and O–H groups in total. The molecule has 4 fully saturated rings. The predicted molar refractivity (Wildman–Crippen MR) is 78.9 cm³/mol. The zero-order chi connectivity index (χ0) is 15.5. The van der Waals surface area contributed by atoms with Crippen molar-refractivity contribution >= 4 is 11.8 Å². The van der Waals surface area contributed by atoms with Gasteiger partial charge in [-0.1, -0.05) is 26.7 Å². The number of carbonyl (C=O) groups excluding carboxylic acids is 1. The molecule has 118 valence electrons. The molecule has 4 bridgehead atoms. The molecule has 4 rings (SSSR count). The van der Waals surface area contributed by atoms with Gasteiger partial charge in [-0.05, 0) is 19.8 Å². The minimum atomic E-state index is -0.935. The van der Waals surface area contributed by atoms with E-state index < -0.39 is 11.6 Å². The van der Waals surface area contributed by atoms with Crippen LogP contribution in [0.3, 0.4) is 0 Å². The summed E-state index contributed by atoms with van der Waals surface area (Å²) in [5.74, 6) is -0.370. The number of aliphatic carboxylic acids is 1. The smallest absolute Gasteiger partial charge is 0.339 e. The van der Waals surface area contributed by atoms with Crippen LogP contribution in [0.15, 0.2) is 0 Å². The average Bonchev–Trinajstić information content (AvgIpc) is 2.40. The lowest BCUT2D eigenvalue weighted by Gasteiger charge is -2.68. The van der Waals surface area contributed by atoms with Crippen molar-refractivity contribution in [2.45, 2.75) is 52.1 Å². The first-order chi connectivity index (χ1) is 9.84. The van der Waals surface area contributed by atoms with E-state index in [0.29, 0.717) is 32.0 Å². The Morgan fingerprint density at radius 3 is 1.71 bits per heavy atom. The molecule has 0 saturated carbocycles. The Hall–Kier alpha value is -0.940. The monoisotopic (exact) mass is 294 g/mol. The maximum absolute atomic E-state index is 13.2. The summed E-state index contributed by atoms with van der Waals surface area (Å²) in [4.78, 5) is 29.2. The molecule has 21 heavy (non-hydrogen) atoms. The van der Waals surface area contributed by atoms with Crippen LogP contribution in [-0.2, 0) is 9.59 Å². The Balaban J connectivity index is 2.05. The first kappa shape index (κ1) is 15.0. The Morgan fingerprint density at radius 2 is 1.43 bits per heavy atom. The third kappa shape index (κ3) is 1.70. The van der Waals surface area contributed by atoms with Gasteiger partial charge in [0, 0.05) is 26.2 Å². The number of hydrogen-bond donors (Lipinski definition) is 1. The van der Waals surface area contributed by atoms with Gasteiger partial charge < -0.3 is 5.11 Å².